The van der Waals surface area contributed by atoms with Crippen molar-refractivity contribution in [1.29, 1.82) is 0 Å². The Morgan fingerprint density at radius 3 is 2.15 bits per heavy atom. The van der Waals surface area contributed by atoms with Crippen molar-refractivity contribution < 1.29 is 19.8 Å². The first-order valence-electron chi connectivity index (χ1n) is 4.23. The van der Waals surface area contributed by atoms with Crippen molar-refractivity contribution in [3.8, 4) is 0 Å². The van der Waals surface area contributed by atoms with Gasteiger partial charge in [-0.15, -0.1) is 0 Å². The molecule has 0 aromatic rings. The van der Waals surface area contributed by atoms with Crippen LogP contribution in [0.5, 0.6) is 0 Å². The summed E-state index contributed by atoms with van der Waals surface area (Å²) in [4.78, 5) is 21.5. The van der Waals surface area contributed by atoms with E-state index in [1.165, 1.54) is 0 Å². The largest absolute Gasteiger partial charge is 0.550 e. The van der Waals surface area contributed by atoms with E-state index in [-0.39, 0.29) is 11.8 Å². The number of carbonyl (C=O) groups excluding carboxylic acids is 1. The summed E-state index contributed by atoms with van der Waals surface area (Å²) >= 11 is 0. The fourth-order valence-corrected chi connectivity index (χ4v) is 2.48. The monoisotopic (exact) mass is 181 g/mol. The van der Waals surface area contributed by atoms with E-state index in [0.717, 1.165) is 0 Å². The standard InChI is InChI=1S/C9H10O4/c10-8(11)6-4-1-2-5(3-4)7(6)9(12)13/h1-2,4-7H,3H2,(H,10,11)(H,12,13)/p-1. The van der Waals surface area contributed by atoms with Crippen LogP contribution in [-0.2, 0) is 9.59 Å². The Labute approximate surface area is 74.9 Å². The fraction of sp³-hybridized carbons (Fsp3) is 0.556. The van der Waals surface area contributed by atoms with Crippen LogP contribution >= 0.6 is 0 Å². The van der Waals surface area contributed by atoms with Gasteiger partial charge in [-0.3, -0.25) is 4.79 Å². The minimum atomic E-state index is -1.23. The number of carbonyl (C=O) groups is 2. The molecule has 0 radical (unpaired) electrons. The molecule has 2 bridgehead atoms. The Balaban J connectivity index is 2.30. The van der Waals surface area contributed by atoms with Crippen molar-refractivity contribution in [1.82, 2.24) is 0 Å². The molecule has 1 fully saturated rings. The molecule has 2 aliphatic rings. The van der Waals surface area contributed by atoms with Crippen LogP contribution in [0.25, 0.3) is 0 Å². The van der Waals surface area contributed by atoms with Gasteiger partial charge in [0.15, 0.2) is 0 Å². The second-order valence-corrected chi connectivity index (χ2v) is 3.66. The minimum absolute atomic E-state index is 0.106. The van der Waals surface area contributed by atoms with E-state index in [4.69, 9.17) is 5.11 Å². The highest BCUT2D eigenvalue weighted by molar-refractivity contribution is 5.81. The van der Waals surface area contributed by atoms with Crippen molar-refractivity contribution in [2.45, 2.75) is 6.42 Å². The van der Waals surface area contributed by atoms with Crippen molar-refractivity contribution in [3.63, 3.8) is 0 Å². The molecule has 0 heterocycles. The molecule has 1 N–H and O–H groups in total. The highest BCUT2D eigenvalue weighted by Crippen LogP contribution is 2.47. The third kappa shape index (κ3) is 1.05. The van der Waals surface area contributed by atoms with Gasteiger partial charge in [0.2, 0.25) is 0 Å². The molecular formula is C9H9O4-. The normalized spacial score (nSPS) is 40.9. The Morgan fingerprint density at radius 2 is 1.77 bits per heavy atom. The van der Waals surface area contributed by atoms with Crippen LogP contribution in [0.4, 0.5) is 0 Å². The molecule has 0 aromatic carbocycles. The maximum atomic E-state index is 10.8. The number of carboxylic acid groups (broad SMARTS) is 2. The predicted octanol–water partition coefficient (Wildman–Crippen LogP) is -0.741. The number of hydrogen-bond acceptors (Lipinski definition) is 3. The highest BCUT2D eigenvalue weighted by Gasteiger charge is 2.48. The zero-order valence-electron chi connectivity index (χ0n) is 6.84. The SMILES string of the molecule is O=C([O-])C1C2C=CC(C2)C1C(=O)O. The maximum Gasteiger partial charge on any atom is 0.307 e. The van der Waals surface area contributed by atoms with Gasteiger partial charge in [-0.2, -0.15) is 0 Å². The lowest BCUT2D eigenvalue weighted by molar-refractivity contribution is -0.314. The molecule has 0 aliphatic heterocycles. The smallest absolute Gasteiger partial charge is 0.307 e. The predicted molar refractivity (Wildman–Crippen MR) is 40.4 cm³/mol. The van der Waals surface area contributed by atoms with Crippen LogP contribution in [0.15, 0.2) is 12.2 Å². The Kier molecular flexibility index (Phi) is 1.65. The first-order chi connectivity index (χ1) is 6.11. The summed E-state index contributed by atoms with van der Waals surface area (Å²) in [7, 11) is 0. The highest BCUT2D eigenvalue weighted by atomic mass is 16.4. The van der Waals surface area contributed by atoms with Gasteiger partial charge in [-0.05, 0) is 18.3 Å². The molecule has 4 unspecified atom stereocenters. The van der Waals surface area contributed by atoms with E-state index >= 15 is 0 Å². The molecule has 4 nitrogen and oxygen atoms in total. The molecule has 0 aromatic heterocycles. The Bertz CT molecular complexity index is 266. The van der Waals surface area contributed by atoms with E-state index in [9.17, 15) is 14.7 Å². The van der Waals surface area contributed by atoms with E-state index < -0.39 is 23.8 Å². The third-order valence-electron chi connectivity index (χ3n) is 3.02. The van der Waals surface area contributed by atoms with Crippen molar-refractivity contribution in [2.75, 3.05) is 0 Å². The summed E-state index contributed by atoms with van der Waals surface area (Å²) in [6.45, 7) is 0. The topological polar surface area (TPSA) is 77.4 Å². The van der Waals surface area contributed by atoms with Gasteiger partial charge in [0.25, 0.3) is 0 Å². The van der Waals surface area contributed by atoms with E-state index in [1.54, 1.807) is 6.08 Å². The summed E-state index contributed by atoms with van der Waals surface area (Å²) < 4.78 is 0. The van der Waals surface area contributed by atoms with Gasteiger partial charge in [0.05, 0.1) is 5.92 Å². The number of rotatable bonds is 2. The second kappa shape index (κ2) is 2.58. The first-order valence-corrected chi connectivity index (χ1v) is 4.23. The van der Waals surface area contributed by atoms with Gasteiger partial charge >= 0.3 is 5.97 Å². The van der Waals surface area contributed by atoms with Gasteiger partial charge in [0.1, 0.15) is 0 Å². The number of carboxylic acids is 2. The van der Waals surface area contributed by atoms with Gasteiger partial charge in [0, 0.05) is 11.9 Å². The quantitative estimate of drug-likeness (QED) is 0.569. The molecular weight excluding hydrogens is 172 g/mol. The van der Waals surface area contributed by atoms with Crippen LogP contribution < -0.4 is 5.11 Å². The van der Waals surface area contributed by atoms with Crippen LogP contribution in [0.1, 0.15) is 6.42 Å². The summed E-state index contributed by atoms with van der Waals surface area (Å²) in [5.41, 5.74) is 0. The lowest BCUT2D eigenvalue weighted by Gasteiger charge is -2.25. The molecule has 0 amide bonds. The third-order valence-corrected chi connectivity index (χ3v) is 3.02. The van der Waals surface area contributed by atoms with Crippen LogP contribution in [0, 0.1) is 23.7 Å². The van der Waals surface area contributed by atoms with E-state index in [1.807, 2.05) is 6.08 Å². The average molecular weight is 181 g/mol. The zero-order valence-corrected chi connectivity index (χ0v) is 6.84. The van der Waals surface area contributed by atoms with E-state index in [0.29, 0.717) is 6.42 Å². The van der Waals surface area contributed by atoms with Crippen LogP contribution in [0.3, 0.4) is 0 Å². The summed E-state index contributed by atoms with van der Waals surface area (Å²) in [5, 5.41) is 19.5. The average Bonchev–Trinajstić information content (AvgIpc) is 2.60. The van der Waals surface area contributed by atoms with E-state index in [2.05, 4.69) is 0 Å². The Morgan fingerprint density at radius 1 is 1.23 bits per heavy atom. The first kappa shape index (κ1) is 8.29. The molecule has 13 heavy (non-hydrogen) atoms. The molecule has 70 valence electrons. The summed E-state index contributed by atoms with van der Waals surface area (Å²) in [5.74, 6) is -4.09. The van der Waals surface area contributed by atoms with Crippen LogP contribution in [-0.4, -0.2) is 17.0 Å². The molecule has 0 saturated heterocycles. The lowest BCUT2D eigenvalue weighted by atomic mass is 9.83. The molecule has 2 aliphatic carbocycles. The maximum absolute atomic E-state index is 10.8. The minimum Gasteiger partial charge on any atom is -0.550 e. The molecule has 4 atom stereocenters. The summed E-state index contributed by atoms with van der Waals surface area (Å²) in [6.07, 6.45) is 4.25. The zero-order chi connectivity index (χ0) is 9.59. The number of hydrogen-bond donors (Lipinski definition) is 1. The second-order valence-electron chi connectivity index (χ2n) is 3.66. The summed E-state index contributed by atoms with van der Waals surface area (Å²) in [6, 6.07) is 0. The fourth-order valence-electron chi connectivity index (χ4n) is 2.48. The van der Waals surface area contributed by atoms with Gasteiger partial charge in [-0.25, -0.2) is 0 Å². The van der Waals surface area contributed by atoms with Crippen molar-refractivity contribution in [3.05, 3.63) is 12.2 Å². The van der Waals surface area contributed by atoms with Gasteiger partial charge in [-0.1, -0.05) is 12.2 Å². The van der Waals surface area contributed by atoms with Crippen LogP contribution in [0.2, 0.25) is 0 Å². The molecule has 4 heteroatoms. The molecule has 0 spiro atoms. The molecule has 1 saturated carbocycles. The number of fused-ring (bicyclic) bond motifs is 2. The lowest BCUT2D eigenvalue weighted by Crippen LogP contribution is -2.41. The van der Waals surface area contributed by atoms with Crippen molar-refractivity contribution >= 4 is 11.9 Å². The van der Waals surface area contributed by atoms with Gasteiger partial charge < -0.3 is 15.0 Å². The Hall–Kier alpha value is -1.32. The number of allylic oxidation sites excluding steroid dienone is 2. The van der Waals surface area contributed by atoms with Crippen molar-refractivity contribution in [2.24, 2.45) is 23.7 Å². The molecule has 2 rings (SSSR count). The number of aliphatic carboxylic acids is 2.